The molecule has 0 aliphatic heterocycles. The van der Waals surface area contributed by atoms with Crippen LogP contribution in [0.3, 0.4) is 0 Å². The van der Waals surface area contributed by atoms with Gasteiger partial charge in [-0.1, -0.05) is 18.2 Å². The Morgan fingerprint density at radius 2 is 1.72 bits per heavy atom. The van der Waals surface area contributed by atoms with E-state index in [0.29, 0.717) is 0 Å². The minimum atomic E-state index is -3.72. The van der Waals surface area contributed by atoms with Gasteiger partial charge >= 0.3 is 5.97 Å². The SMILES string of the molecule is O=C(O)c1cncc(S(=O)(=O)c2ccccc2)c1. The zero-order valence-corrected chi connectivity index (χ0v) is 9.96. The number of carboxylic acids is 1. The Bertz CT molecular complexity index is 680. The van der Waals surface area contributed by atoms with E-state index < -0.39 is 15.8 Å². The highest BCUT2D eigenvalue weighted by atomic mass is 32.2. The largest absolute Gasteiger partial charge is 0.478 e. The van der Waals surface area contributed by atoms with Crippen molar-refractivity contribution in [3.8, 4) is 0 Å². The Kier molecular flexibility index (Phi) is 3.12. The van der Waals surface area contributed by atoms with Gasteiger partial charge in [0, 0.05) is 12.4 Å². The Balaban J connectivity index is 2.55. The molecular weight excluding hydrogens is 254 g/mol. The zero-order chi connectivity index (χ0) is 13.2. The summed E-state index contributed by atoms with van der Waals surface area (Å²) in [5.74, 6) is -1.22. The number of hydrogen-bond donors (Lipinski definition) is 1. The monoisotopic (exact) mass is 263 g/mol. The molecule has 0 atom stereocenters. The number of rotatable bonds is 3. The predicted octanol–water partition coefficient (Wildman–Crippen LogP) is 1.61. The van der Waals surface area contributed by atoms with Crippen LogP contribution >= 0.6 is 0 Å². The summed E-state index contributed by atoms with van der Waals surface area (Å²) in [4.78, 5) is 14.4. The first kappa shape index (κ1) is 12.3. The van der Waals surface area contributed by atoms with Gasteiger partial charge in [-0.3, -0.25) is 4.98 Å². The molecule has 18 heavy (non-hydrogen) atoms. The van der Waals surface area contributed by atoms with E-state index in [2.05, 4.69) is 4.98 Å². The number of aromatic carboxylic acids is 1. The zero-order valence-electron chi connectivity index (χ0n) is 9.15. The van der Waals surface area contributed by atoms with Gasteiger partial charge in [0.15, 0.2) is 0 Å². The lowest BCUT2D eigenvalue weighted by molar-refractivity contribution is 0.0696. The molecule has 2 aromatic rings. The van der Waals surface area contributed by atoms with Gasteiger partial charge in [0.2, 0.25) is 9.84 Å². The molecule has 1 N–H and O–H groups in total. The summed E-state index contributed by atoms with van der Waals surface area (Å²) >= 11 is 0. The van der Waals surface area contributed by atoms with Crippen LogP contribution in [-0.2, 0) is 9.84 Å². The lowest BCUT2D eigenvalue weighted by Gasteiger charge is -2.04. The molecule has 0 bridgehead atoms. The van der Waals surface area contributed by atoms with E-state index in [1.807, 2.05) is 0 Å². The quantitative estimate of drug-likeness (QED) is 0.909. The number of aromatic nitrogens is 1. The summed E-state index contributed by atoms with van der Waals surface area (Å²) < 4.78 is 24.4. The van der Waals surface area contributed by atoms with Crippen LogP contribution in [0.25, 0.3) is 0 Å². The summed E-state index contributed by atoms with van der Waals surface area (Å²) in [5.41, 5.74) is -0.160. The van der Waals surface area contributed by atoms with Crippen LogP contribution in [0.1, 0.15) is 10.4 Å². The molecule has 1 aromatic heterocycles. The number of pyridine rings is 1. The molecule has 92 valence electrons. The first-order chi connectivity index (χ1) is 8.51. The lowest BCUT2D eigenvalue weighted by Crippen LogP contribution is -2.05. The van der Waals surface area contributed by atoms with Crippen LogP contribution in [0.15, 0.2) is 58.6 Å². The molecule has 1 aromatic carbocycles. The third-order valence-corrected chi connectivity index (χ3v) is 4.06. The first-order valence-corrected chi connectivity index (χ1v) is 6.48. The van der Waals surface area contributed by atoms with Crippen LogP contribution in [0.5, 0.6) is 0 Å². The smallest absolute Gasteiger partial charge is 0.337 e. The summed E-state index contributed by atoms with van der Waals surface area (Å²) in [6, 6.07) is 8.89. The normalized spacial score (nSPS) is 11.1. The van der Waals surface area contributed by atoms with Crippen molar-refractivity contribution in [3.05, 3.63) is 54.4 Å². The molecule has 0 aliphatic rings. The second-order valence-corrected chi connectivity index (χ2v) is 5.48. The Hall–Kier alpha value is -2.21. The molecule has 0 radical (unpaired) electrons. The molecular formula is C12H9NO4S. The molecule has 0 saturated carbocycles. The topological polar surface area (TPSA) is 84.3 Å². The van der Waals surface area contributed by atoms with Gasteiger partial charge in [0.1, 0.15) is 0 Å². The molecule has 5 nitrogen and oxygen atoms in total. The Morgan fingerprint density at radius 1 is 1.06 bits per heavy atom. The number of carbonyl (C=O) groups is 1. The van der Waals surface area contributed by atoms with Gasteiger partial charge in [-0.25, -0.2) is 13.2 Å². The van der Waals surface area contributed by atoms with Gasteiger partial charge in [-0.05, 0) is 18.2 Å². The van der Waals surface area contributed by atoms with Crippen molar-refractivity contribution in [2.45, 2.75) is 9.79 Å². The summed E-state index contributed by atoms with van der Waals surface area (Å²) in [6.07, 6.45) is 2.24. The van der Waals surface area contributed by atoms with Crippen LogP contribution in [0, 0.1) is 0 Å². The summed E-state index contributed by atoms with van der Waals surface area (Å²) in [6.45, 7) is 0. The maximum atomic E-state index is 12.2. The van der Waals surface area contributed by atoms with E-state index in [9.17, 15) is 13.2 Å². The molecule has 0 unspecified atom stereocenters. The van der Waals surface area contributed by atoms with E-state index in [1.54, 1.807) is 18.2 Å². The van der Waals surface area contributed by atoms with Crippen molar-refractivity contribution in [1.82, 2.24) is 4.98 Å². The second kappa shape index (κ2) is 4.58. The first-order valence-electron chi connectivity index (χ1n) is 5.00. The minimum Gasteiger partial charge on any atom is -0.478 e. The van der Waals surface area contributed by atoms with E-state index in [1.165, 1.54) is 12.1 Å². The fourth-order valence-corrected chi connectivity index (χ4v) is 2.69. The average molecular weight is 263 g/mol. The molecule has 0 saturated heterocycles. The van der Waals surface area contributed by atoms with Crippen molar-refractivity contribution < 1.29 is 18.3 Å². The molecule has 0 spiro atoms. The number of nitrogens with zero attached hydrogens (tertiary/aromatic N) is 1. The number of sulfone groups is 1. The highest BCUT2D eigenvalue weighted by Gasteiger charge is 2.19. The third-order valence-electron chi connectivity index (χ3n) is 2.32. The van der Waals surface area contributed by atoms with E-state index in [-0.39, 0.29) is 15.4 Å². The molecule has 0 amide bonds. The van der Waals surface area contributed by atoms with Crippen molar-refractivity contribution in [3.63, 3.8) is 0 Å². The maximum absolute atomic E-state index is 12.2. The number of benzene rings is 1. The number of hydrogen-bond acceptors (Lipinski definition) is 4. The fourth-order valence-electron chi connectivity index (χ4n) is 1.42. The van der Waals surface area contributed by atoms with Gasteiger partial charge in [0.25, 0.3) is 0 Å². The van der Waals surface area contributed by atoms with Crippen LogP contribution < -0.4 is 0 Å². The summed E-state index contributed by atoms with van der Waals surface area (Å²) in [5, 5.41) is 8.81. The Morgan fingerprint density at radius 3 is 2.33 bits per heavy atom. The summed E-state index contributed by atoms with van der Waals surface area (Å²) in [7, 11) is -3.72. The maximum Gasteiger partial charge on any atom is 0.337 e. The van der Waals surface area contributed by atoms with Gasteiger partial charge in [-0.2, -0.15) is 0 Å². The third kappa shape index (κ3) is 2.23. The van der Waals surface area contributed by atoms with E-state index in [4.69, 9.17) is 5.11 Å². The van der Waals surface area contributed by atoms with Crippen molar-refractivity contribution in [2.24, 2.45) is 0 Å². The molecule has 2 rings (SSSR count). The van der Waals surface area contributed by atoms with E-state index in [0.717, 1.165) is 18.5 Å². The van der Waals surface area contributed by atoms with Gasteiger partial charge in [-0.15, -0.1) is 0 Å². The lowest BCUT2D eigenvalue weighted by atomic mass is 10.3. The van der Waals surface area contributed by atoms with Crippen LogP contribution in [0.4, 0.5) is 0 Å². The number of carboxylic acid groups (broad SMARTS) is 1. The predicted molar refractivity (Wildman–Crippen MR) is 63.1 cm³/mol. The second-order valence-electron chi connectivity index (χ2n) is 3.53. The molecule has 6 heteroatoms. The fraction of sp³-hybridized carbons (Fsp3) is 0. The highest BCUT2D eigenvalue weighted by Crippen LogP contribution is 2.20. The van der Waals surface area contributed by atoms with Crippen molar-refractivity contribution in [2.75, 3.05) is 0 Å². The minimum absolute atomic E-state index is 0.106. The molecule has 0 fully saturated rings. The van der Waals surface area contributed by atoms with Gasteiger partial charge in [0.05, 0.1) is 15.4 Å². The average Bonchev–Trinajstić information content (AvgIpc) is 2.40. The van der Waals surface area contributed by atoms with Gasteiger partial charge < -0.3 is 5.11 Å². The standard InChI is InChI=1S/C12H9NO4S/c14-12(15)9-6-11(8-13-7-9)18(16,17)10-4-2-1-3-5-10/h1-8H,(H,14,15). The van der Waals surface area contributed by atoms with Crippen molar-refractivity contribution >= 4 is 15.8 Å². The molecule has 0 aliphatic carbocycles. The molecule has 1 heterocycles. The Labute approximate surface area is 104 Å². The van der Waals surface area contributed by atoms with Crippen molar-refractivity contribution in [1.29, 1.82) is 0 Å². The van der Waals surface area contributed by atoms with E-state index >= 15 is 0 Å². The highest BCUT2D eigenvalue weighted by molar-refractivity contribution is 7.91. The van der Waals surface area contributed by atoms with Crippen LogP contribution in [0.2, 0.25) is 0 Å². The van der Waals surface area contributed by atoms with Crippen LogP contribution in [-0.4, -0.2) is 24.5 Å².